The summed E-state index contributed by atoms with van der Waals surface area (Å²) < 4.78 is 1.86. The van der Waals surface area contributed by atoms with Gasteiger partial charge in [-0.2, -0.15) is 0 Å². The normalized spacial score (nSPS) is 11.5. The van der Waals surface area contributed by atoms with E-state index in [4.69, 9.17) is 10.9 Å². The molecular formula is C15H15Br2N3O. The fourth-order valence-corrected chi connectivity index (χ4v) is 2.79. The number of anilines is 1. The second-order valence-electron chi connectivity index (χ2n) is 4.63. The number of nitrogens with two attached hydrogens (primary N) is 1. The highest BCUT2D eigenvalue weighted by Gasteiger charge is 2.08. The van der Waals surface area contributed by atoms with E-state index in [9.17, 15) is 0 Å². The van der Waals surface area contributed by atoms with Crippen molar-refractivity contribution in [1.82, 2.24) is 0 Å². The Balaban J connectivity index is 2.18. The highest BCUT2D eigenvalue weighted by molar-refractivity contribution is 9.10. The Kier molecular flexibility index (Phi) is 5.25. The first-order valence-electron chi connectivity index (χ1n) is 6.24. The van der Waals surface area contributed by atoms with Crippen LogP contribution in [0.2, 0.25) is 0 Å². The maximum atomic E-state index is 8.74. The summed E-state index contributed by atoms with van der Waals surface area (Å²) >= 11 is 6.88. The van der Waals surface area contributed by atoms with Gasteiger partial charge in [0.2, 0.25) is 0 Å². The zero-order valence-electron chi connectivity index (χ0n) is 11.4. The van der Waals surface area contributed by atoms with E-state index in [0.29, 0.717) is 5.56 Å². The molecule has 0 unspecified atom stereocenters. The molecule has 2 rings (SSSR count). The predicted octanol–water partition coefficient (Wildman–Crippen LogP) is 3.94. The molecule has 6 heteroatoms. The third-order valence-corrected chi connectivity index (χ3v) is 4.29. The molecule has 0 radical (unpaired) electrons. The fourth-order valence-electron chi connectivity index (χ4n) is 1.96. The maximum Gasteiger partial charge on any atom is 0.171 e. The number of nitrogens with zero attached hydrogens (tertiary/aromatic N) is 2. The van der Waals surface area contributed by atoms with Crippen molar-refractivity contribution in [3.63, 3.8) is 0 Å². The van der Waals surface area contributed by atoms with Crippen molar-refractivity contribution in [2.45, 2.75) is 6.54 Å². The predicted molar refractivity (Wildman–Crippen MR) is 92.9 cm³/mol. The lowest BCUT2D eigenvalue weighted by Gasteiger charge is -2.20. The van der Waals surface area contributed by atoms with Crippen LogP contribution in [0.1, 0.15) is 11.1 Å². The maximum absolute atomic E-state index is 8.74. The molecule has 0 aliphatic carbocycles. The van der Waals surface area contributed by atoms with Gasteiger partial charge in [-0.1, -0.05) is 33.2 Å². The smallest absolute Gasteiger partial charge is 0.171 e. The lowest BCUT2D eigenvalue weighted by Crippen LogP contribution is -2.18. The van der Waals surface area contributed by atoms with E-state index in [-0.39, 0.29) is 5.84 Å². The highest BCUT2D eigenvalue weighted by atomic mass is 79.9. The van der Waals surface area contributed by atoms with Crippen LogP contribution < -0.4 is 10.6 Å². The molecule has 0 heterocycles. The Morgan fingerprint density at radius 2 is 1.86 bits per heavy atom. The lowest BCUT2D eigenvalue weighted by molar-refractivity contribution is 0.318. The van der Waals surface area contributed by atoms with Gasteiger partial charge in [0.15, 0.2) is 5.84 Å². The zero-order chi connectivity index (χ0) is 15.4. The first-order valence-corrected chi connectivity index (χ1v) is 7.83. The molecule has 4 nitrogen and oxygen atoms in total. The van der Waals surface area contributed by atoms with Crippen LogP contribution in [-0.2, 0) is 6.54 Å². The summed E-state index contributed by atoms with van der Waals surface area (Å²) in [5.74, 6) is 0.0870. The van der Waals surface area contributed by atoms with Crippen molar-refractivity contribution in [1.29, 1.82) is 0 Å². The zero-order valence-corrected chi connectivity index (χ0v) is 14.6. The molecule has 0 bridgehead atoms. The second kappa shape index (κ2) is 6.95. The summed E-state index contributed by atoms with van der Waals surface area (Å²) in [6, 6.07) is 13.9. The minimum atomic E-state index is 0.0870. The molecule has 3 N–H and O–H groups in total. The Morgan fingerprint density at radius 1 is 1.19 bits per heavy atom. The number of rotatable bonds is 4. The quantitative estimate of drug-likeness (QED) is 0.346. The van der Waals surface area contributed by atoms with E-state index in [2.05, 4.69) is 54.0 Å². The number of halogens is 2. The van der Waals surface area contributed by atoms with Crippen molar-refractivity contribution in [2.24, 2.45) is 10.9 Å². The van der Waals surface area contributed by atoms with Crippen molar-refractivity contribution < 1.29 is 5.21 Å². The molecule has 0 amide bonds. The molecule has 0 spiro atoms. The third-order valence-electron chi connectivity index (χ3n) is 3.11. The SMILES string of the molecule is CN(Cc1ccc(Br)cc1)c1ccc(/C(N)=N/O)c(Br)c1. The standard InChI is InChI=1S/C15H15Br2N3O/c1-20(9-10-2-4-11(16)5-3-10)12-6-7-13(14(17)8-12)15(18)19-21/h2-8,21H,9H2,1H3,(H2,18,19). The van der Waals surface area contributed by atoms with E-state index in [1.54, 1.807) is 0 Å². The monoisotopic (exact) mass is 411 g/mol. The van der Waals surface area contributed by atoms with E-state index < -0.39 is 0 Å². The van der Waals surface area contributed by atoms with Crippen LogP contribution in [0, 0.1) is 0 Å². The summed E-state index contributed by atoms with van der Waals surface area (Å²) in [5.41, 5.74) is 8.54. The molecule has 0 atom stereocenters. The minimum absolute atomic E-state index is 0.0870. The summed E-state index contributed by atoms with van der Waals surface area (Å²) in [6.07, 6.45) is 0. The van der Waals surface area contributed by atoms with E-state index >= 15 is 0 Å². The van der Waals surface area contributed by atoms with Crippen molar-refractivity contribution >= 4 is 43.4 Å². The van der Waals surface area contributed by atoms with E-state index in [1.807, 2.05) is 37.4 Å². The van der Waals surface area contributed by atoms with Crippen LogP contribution in [-0.4, -0.2) is 18.1 Å². The number of oxime groups is 1. The van der Waals surface area contributed by atoms with Gasteiger partial charge in [-0.3, -0.25) is 0 Å². The summed E-state index contributed by atoms with van der Waals surface area (Å²) in [6.45, 7) is 0.794. The van der Waals surface area contributed by atoms with Crippen LogP contribution in [0.4, 0.5) is 5.69 Å². The van der Waals surface area contributed by atoms with Crippen LogP contribution >= 0.6 is 31.9 Å². The Hall–Kier alpha value is -1.53. The molecule has 0 aliphatic heterocycles. The van der Waals surface area contributed by atoms with Crippen molar-refractivity contribution in [2.75, 3.05) is 11.9 Å². The summed E-state index contributed by atoms with van der Waals surface area (Å²) in [4.78, 5) is 2.13. The Bertz CT molecular complexity index is 656. The molecule has 110 valence electrons. The van der Waals surface area contributed by atoms with Gasteiger partial charge in [0.1, 0.15) is 0 Å². The Labute approximate surface area is 140 Å². The number of amidine groups is 1. The highest BCUT2D eigenvalue weighted by Crippen LogP contribution is 2.24. The van der Waals surface area contributed by atoms with Gasteiger partial charge in [0.25, 0.3) is 0 Å². The molecule has 2 aromatic rings. The first kappa shape index (κ1) is 15.9. The van der Waals surface area contributed by atoms with Crippen LogP contribution in [0.15, 0.2) is 56.6 Å². The van der Waals surface area contributed by atoms with Gasteiger partial charge in [0.05, 0.1) is 0 Å². The molecule has 0 aromatic heterocycles. The average Bonchev–Trinajstić information content (AvgIpc) is 2.48. The van der Waals surface area contributed by atoms with Crippen molar-refractivity contribution in [3.05, 3.63) is 62.5 Å². The molecule has 21 heavy (non-hydrogen) atoms. The van der Waals surface area contributed by atoms with Gasteiger partial charge in [-0.25, -0.2) is 0 Å². The van der Waals surface area contributed by atoms with Gasteiger partial charge in [-0.05, 0) is 51.8 Å². The van der Waals surface area contributed by atoms with Crippen LogP contribution in [0.5, 0.6) is 0 Å². The average molecular weight is 413 g/mol. The van der Waals surface area contributed by atoms with Gasteiger partial charge >= 0.3 is 0 Å². The van der Waals surface area contributed by atoms with Crippen LogP contribution in [0.25, 0.3) is 0 Å². The second-order valence-corrected chi connectivity index (χ2v) is 6.40. The van der Waals surface area contributed by atoms with E-state index in [1.165, 1.54) is 5.56 Å². The van der Waals surface area contributed by atoms with Crippen LogP contribution in [0.3, 0.4) is 0 Å². The largest absolute Gasteiger partial charge is 0.409 e. The lowest BCUT2D eigenvalue weighted by atomic mass is 10.1. The molecule has 0 saturated carbocycles. The molecule has 0 fully saturated rings. The summed E-state index contributed by atoms with van der Waals surface area (Å²) in [5, 5.41) is 11.8. The summed E-state index contributed by atoms with van der Waals surface area (Å²) in [7, 11) is 2.02. The minimum Gasteiger partial charge on any atom is -0.409 e. The molecule has 2 aromatic carbocycles. The van der Waals surface area contributed by atoms with E-state index in [0.717, 1.165) is 21.2 Å². The van der Waals surface area contributed by atoms with Gasteiger partial charge < -0.3 is 15.8 Å². The molecular weight excluding hydrogens is 398 g/mol. The number of hydrogen-bond donors (Lipinski definition) is 2. The van der Waals surface area contributed by atoms with Gasteiger partial charge in [0, 0.05) is 33.8 Å². The molecule has 0 aliphatic rings. The number of benzene rings is 2. The number of hydrogen-bond acceptors (Lipinski definition) is 3. The molecule has 0 saturated heterocycles. The third kappa shape index (κ3) is 3.98. The first-order chi connectivity index (χ1) is 10.0. The van der Waals surface area contributed by atoms with Gasteiger partial charge in [-0.15, -0.1) is 0 Å². The Morgan fingerprint density at radius 3 is 2.43 bits per heavy atom. The topological polar surface area (TPSA) is 61.8 Å². The fraction of sp³-hybridized carbons (Fsp3) is 0.133. The van der Waals surface area contributed by atoms with Crippen molar-refractivity contribution in [3.8, 4) is 0 Å².